The van der Waals surface area contributed by atoms with Gasteiger partial charge < -0.3 is 11.1 Å². The standard InChI is InChI=1S/C14H16FN3O2S/c1-9(10-2-4-11(15)5-3-10)18-13-6-12(16)7-14(8-13)21(17,19)20/h2-9,18H,16H2,1H3,(H2,17,19,20). The van der Waals surface area contributed by atoms with Crippen molar-refractivity contribution in [2.24, 2.45) is 5.14 Å². The van der Waals surface area contributed by atoms with Gasteiger partial charge in [-0.1, -0.05) is 12.1 Å². The van der Waals surface area contributed by atoms with Gasteiger partial charge in [0.1, 0.15) is 5.82 Å². The number of hydrogen-bond donors (Lipinski definition) is 3. The van der Waals surface area contributed by atoms with Crippen LogP contribution in [-0.4, -0.2) is 8.42 Å². The maximum Gasteiger partial charge on any atom is 0.238 e. The lowest BCUT2D eigenvalue weighted by Crippen LogP contribution is -2.14. The van der Waals surface area contributed by atoms with Gasteiger partial charge in [0.25, 0.3) is 0 Å². The molecular formula is C14H16FN3O2S. The van der Waals surface area contributed by atoms with Crippen LogP contribution in [0.15, 0.2) is 47.4 Å². The van der Waals surface area contributed by atoms with Gasteiger partial charge in [0, 0.05) is 17.4 Å². The van der Waals surface area contributed by atoms with Gasteiger partial charge in [-0.3, -0.25) is 0 Å². The average molecular weight is 309 g/mol. The molecule has 0 aromatic heterocycles. The number of anilines is 2. The number of sulfonamides is 1. The predicted octanol–water partition coefficient (Wildman–Crippen LogP) is 2.23. The zero-order valence-electron chi connectivity index (χ0n) is 11.4. The van der Waals surface area contributed by atoms with Crippen molar-refractivity contribution in [1.82, 2.24) is 0 Å². The van der Waals surface area contributed by atoms with Crippen LogP contribution in [0.5, 0.6) is 0 Å². The lowest BCUT2D eigenvalue weighted by atomic mass is 10.1. The first-order chi connectivity index (χ1) is 9.75. The molecule has 7 heteroatoms. The molecule has 0 saturated heterocycles. The third-order valence-electron chi connectivity index (χ3n) is 3.01. The largest absolute Gasteiger partial charge is 0.399 e. The van der Waals surface area contributed by atoms with Crippen molar-refractivity contribution in [2.75, 3.05) is 11.1 Å². The zero-order chi connectivity index (χ0) is 15.6. The van der Waals surface area contributed by atoms with E-state index in [2.05, 4.69) is 5.32 Å². The van der Waals surface area contributed by atoms with Gasteiger partial charge in [-0.15, -0.1) is 0 Å². The quantitative estimate of drug-likeness (QED) is 0.754. The van der Waals surface area contributed by atoms with Crippen molar-refractivity contribution >= 4 is 21.4 Å². The Kier molecular flexibility index (Phi) is 4.15. The molecule has 0 amide bonds. The predicted molar refractivity (Wildman–Crippen MR) is 80.7 cm³/mol. The maximum atomic E-state index is 12.9. The SMILES string of the molecule is CC(Nc1cc(N)cc(S(N)(=O)=O)c1)c1ccc(F)cc1. The number of nitrogen functional groups attached to an aromatic ring is 1. The Labute approximate surface area is 122 Å². The van der Waals surface area contributed by atoms with Crippen LogP contribution in [0.2, 0.25) is 0 Å². The molecule has 0 aliphatic rings. The Balaban J connectivity index is 2.27. The molecule has 0 fully saturated rings. The van der Waals surface area contributed by atoms with E-state index in [1.54, 1.807) is 18.2 Å². The summed E-state index contributed by atoms with van der Waals surface area (Å²) in [5.41, 5.74) is 7.35. The minimum absolute atomic E-state index is 0.0590. The van der Waals surface area contributed by atoms with Crippen molar-refractivity contribution in [3.8, 4) is 0 Å². The Hall–Kier alpha value is -2.12. The fourth-order valence-corrected chi connectivity index (χ4v) is 2.55. The second-order valence-corrected chi connectivity index (χ2v) is 6.31. The summed E-state index contributed by atoms with van der Waals surface area (Å²) in [7, 11) is -3.82. The molecular weight excluding hydrogens is 293 g/mol. The van der Waals surface area contributed by atoms with Gasteiger partial charge in [0.15, 0.2) is 0 Å². The summed E-state index contributed by atoms with van der Waals surface area (Å²) < 4.78 is 35.7. The van der Waals surface area contributed by atoms with Crippen molar-refractivity contribution < 1.29 is 12.8 Å². The molecule has 2 rings (SSSR count). The summed E-state index contributed by atoms with van der Waals surface area (Å²) in [5, 5.41) is 8.21. The normalized spacial score (nSPS) is 12.9. The molecule has 0 spiro atoms. The van der Waals surface area contributed by atoms with Crippen LogP contribution < -0.4 is 16.2 Å². The number of benzene rings is 2. The van der Waals surface area contributed by atoms with Crippen molar-refractivity contribution in [2.45, 2.75) is 17.9 Å². The number of nitrogens with two attached hydrogens (primary N) is 2. The molecule has 0 saturated carbocycles. The van der Waals surface area contributed by atoms with Gasteiger partial charge >= 0.3 is 0 Å². The smallest absolute Gasteiger partial charge is 0.238 e. The molecule has 2 aromatic carbocycles. The van der Waals surface area contributed by atoms with E-state index in [9.17, 15) is 12.8 Å². The summed E-state index contributed by atoms with van der Waals surface area (Å²) in [5.74, 6) is -0.314. The molecule has 0 radical (unpaired) electrons. The second kappa shape index (κ2) is 5.71. The molecule has 0 aliphatic carbocycles. The molecule has 5 N–H and O–H groups in total. The lowest BCUT2D eigenvalue weighted by molar-refractivity contribution is 0.598. The van der Waals surface area contributed by atoms with E-state index in [0.29, 0.717) is 5.69 Å². The van der Waals surface area contributed by atoms with Crippen LogP contribution in [0.4, 0.5) is 15.8 Å². The molecule has 0 bridgehead atoms. The highest BCUT2D eigenvalue weighted by atomic mass is 32.2. The fourth-order valence-electron chi connectivity index (χ4n) is 1.95. The Morgan fingerprint density at radius 3 is 2.33 bits per heavy atom. The second-order valence-electron chi connectivity index (χ2n) is 4.75. The molecule has 2 aromatic rings. The molecule has 1 unspecified atom stereocenters. The Morgan fingerprint density at radius 1 is 1.14 bits per heavy atom. The monoisotopic (exact) mass is 309 g/mol. The van der Waals surface area contributed by atoms with Gasteiger partial charge in [-0.05, 0) is 42.8 Å². The van der Waals surface area contributed by atoms with Crippen LogP contribution in [0.25, 0.3) is 0 Å². The van der Waals surface area contributed by atoms with E-state index in [1.807, 2.05) is 6.92 Å². The van der Waals surface area contributed by atoms with Gasteiger partial charge in [-0.25, -0.2) is 17.9 Å². The van der Waals surface area contributed by atoms with E-state index in [0.717, 1.165) is 5.56 Å². The summed E-state index contributed by atoms with van der Waals surface area (Å²) >= 11 is 0. The van der Waals surface area contributed by atoms with Crippen LogP contribution in [0.1, 0.15) is 18.5 Å². The Bertz CT molecular complexity index is 745. The maximum absolute atomic E-state index is 12.9. The first kappa shape index (κ1) is 15.3. The highest BCUT2D eigenvalue weighted by Gasteiger charge is 2.12. The molecule has 21 heavy (non-hydrogen) atoms. The summed E-state index contributed by atoms with van der Waals surface area (Å²) in [6.45, 7) is 1.87. The molecule has 5 nitrogen and oxygen atoms in total. The summed E-state index contributed by atoms with van der Waals surface area (Å²) in [6.07, 6.45) is 0. The number of halogens is 1. The van der Waals surface area contributed by atoms with E-state index in [4.69, 9.17) is 10.9 Å². The minimum atomic E-state index is -3.82. The van der Waals surface area contributed by atoms with E-state index in [1.165, 1.54) is 24.3 Å². The fraction of sp³-hybridized carbons (Fsp3) is 0.143. The van der Waals surface area contributed by atoms with Crippen LogP contribution >= 0.6 is 0 Å². The molecule has 1 atom stereocenters. The van der Waals surface area contributed by atoms with E-state index < -0.39 is 10.0 Å². The van der Waals surface area contributed by atoms with Crippen molar-refractivity contribution in [3.05, 3.63) is 53.8 Å². The van der Waals surface area contributed by atoms with Crippen LogP contribution in [0.3, 0.4) is 0 Å². The minimum Gasteiger partial charge on any atom is -0.399 e. The third-order valence-corrected chi connectivity index (χ3v) is 3.90. The third kappa shape index (κ3) is 3.93. The average Bonchev–Trinajstić information content (AvgIpc) is 2.37. The summed E-state index contributed by atoms with van der Waals surface area (Å²) in [4.78, 5) is -0.0590. The number of rotatable bonds is 4. The number of primary sulfonamides is 1. The molecule has 0 heterocycles. The molecule has 0 aliphatic heterocycles. The van der Waals surface area contributed by atoms with Gasteiger partial charge in [0.05, 0.1) is 4.90 Å². The van der Waals surface area contributed by atoms with Crippen molar-refractivity contribution in [1.29, 1.82) is 0 Å². The number of hydrogen-bond acceptors (Lipinski definition) is 4. The van der Waals surface area contributed by atoms with Crippen LogP contribution in [0, 0.1) is 5.82 Å². The van der Waals surface area contributed by atoms with Gasteiger partial charge in [-0.2, -0.15) is 0 Å². The highest BCUT2D eigenvalue weighted by Crippen LogP contribution is 2.24. The first-order valence-electron chi connectivity index (χ1n) is 6.21. The molecule has 112 valence electrons. The zero-order valence-corrected chi connectivity index (χ0v) is 12.2. The Morgan fingerprint density at radius 2 is 1.76 bits per heavy atom. The first-order valence-corrected chi connectivity index (χ1v) is 7.76. The summed E-state index contributed by atoms with van der Waals surface area (Å²) in [6, 6.07) is 10.2. The topological polar surface area (TPSA) is 98.2 Å². The van der Waals surface area contributed by atoms with E-state index >= 15 is 0 Å². The number of nitrogens with one attached hydrogen (secondary N) is 1. The van der Waals surface area contributed by atoms with Gasteiger partial charge in [0.2, 0.25) is 10.0 Å². The lowest BCUT2D eigenvalue weighted by Gasteiger charge is -2.17. The van der Waals surface area contributed by atoms with E-state index in [-0.39, 0.29) is 22.4 Å². The van der Waals surface area contributed by atoms with Crippen molar-refractivity contribution in [3.63, 3.8) is 0 Å². The van der Waals surface area contributed by atoms with Crippen LogP contribution in [-0.2, 0) is 10.0 Å². The highest BCUT2D eigenvalue weighted by molar-refractivity contribution is 7.89.